The summed E-state index contributed by atoms with van der Waals surface area (Å²) in [5.74, 6) is 0.987. The number of hydrogen-bond acceptors (Lipinski definition) is 6. The van der Waals surface area contributed by atoms with E-state index in [0.29, 0.717) is 40.7 Å². The van der Waals surface area contributed by atoms with Gasteiger partial charge in [0.05, 0.1) is 20.8 Å². The average molecular weight is 469 g/mol. The summed E-state index contributed by atoms with van der Waals surface area (Å²) in [4.78, 5) is 30.9. The van der Waals surface area contributed by atoms with E-state index in [2.05, 4.69) is 15.6 Å². The first-order valence-electron chi connectivity index (χ1n) is 11.1. The Hall–Kier alpha value is -4.59. The summed E-state index contributed by atoms with van der Waals surface area (Å²) in [6, 6.07) is 19.2. The molecule has 4 aromatic rings. The molecule has 3 aromatic carbocycles. The third kappa shape index (κ3) is 4.21. The number of fused-ring (bicyclic) bond motifs is 2. The van der Waals surface area contributed by atoms with Crippen LogP contribution in [0.3, 0.4) is 0 Å². The van der Waals surface area contributed by atoms with Crippen LogP contribution in [0.15, 0.2) is 79.1 Å². The van der Waals surface area contributed by atoms with Crippen molar-refractivity contribution in [3.63, 3.8) is 0 Å². The van der Waals surface area contributed by atoms with Crippen molar-refractivity contribution < 1.29 is 19.1 Å². The second-order valence-corrected chi connectivity index (χ2v) is 8.08. The van der Waals surface area contributed by atoms with Crippen molar-refractivity contribution >= 4 is 23.1 Å². The van der Waals surface area contributed by atoms with Gasteiger partial charge in [-0.2, -0.15) is 0 Å². The van der Waals surface area contributed by atoms with Crippen LogP contribution >= 0.6 is 0 Å². The first-order valence-corrected chi connectivity index (χ1v) is 11.1. The number of nitrogens with one attached hydrogen (secondary N) is 2. The fraction of sp³-hybridized carbons (Fsp3) is 0.148. The monoisotopic (exact) mass is 468 g/mol. The Morgan fingerprint density at radius 2 is 1.69 bits per heavy atom. The van der Waals surface area contributed by atoms with E-state index >= 15 is 0 Å². The number of nitrogens with zero attached hydrogens (tertiary/aromatic N) is 2. The van der Waals surface area contributed by atoms with Crippen molar-refractivity contribution in [2.75, 3.05) is 24.9 Å². The Bertz CT molecular complexity index is 1370. The van der Waals surface area contributed by atoms with Crippen molar-refractivity contribution in [2.45, 2.75) is 12.6 Å². The lowest BCUT2D eigenvalue weighted by Crippen LogP contribution is -2.23. The maximum atomic E-state index is 13.5. The van der Waals surface area contributed by atoms with E-state index in [1.807, 2.05) is 35.0 Å². The van der Waals surface area contributed by atoms with Gasteiger partial charge < -0.3 is 24.7 Å². The van der Waals surface area contributed by atoms with Gasteiger partial charge in [-0.05, 0) is 48.0 Å². The number of Topliss-reactive ketones (excluding diaryl/α,β-unsaturated/α-hetero) is 1. The number of hydrogen-bond donors (Lipinski definition) is 2. The Labute approximate surface area is 202 Å². The third-order valence-corrected chi connectivity index (χ3v) is 6.01. The number of amides is 1. The van der Waals surface area contributed by atoms with Gasteiger partial charge in [0.25, 0.3) is 5.91 Å². The Morgan fingerprint density at radius 1 is 0.971 bits per heavy atom. The largest absolute Gasteiger partial charge is 0.496 e. The lowest BCUT2D eigenvalue weighted by molar-refractivity contribution is 0.0964. The molecular weight excluding hydrogens is 444 g/mol. The van der Waals surface area contributed by atoms with Crippen LogP contribution in [0.2, 0.25) is 0 Å². The molecule has 0 radical (unpaired) electrons. The third-order valence-electron chi connectivity index (χ3n) is 6.01. The SMILES string of the molecule is COc1cccc(OC)c1C(=O)Nc1ccc(C(=O)C2Nc3ccccc3Cn3ccnc32)cc1. The number of para-hydroxylation sites is 1. The lowest BCUT2D eigenvalue weighted by atomic mass is 10.0. The zero-order chi connectivity index (χ0) is 24.4. The van der Waals surface area contributed by atoms with E-state index in [-0.39, 0.29) is 11.7 Å². The fourth-order valence-electron chi connectivity index (χ4n) is 4.25. The molecule has 1 aliphatic rings. The number of imidazole rings is 1. The predicted octanol–water partition coefficient (Wildman–Crippen LogP) is 4.55. The van der Waals surface area contributed by atoms with E-state index in [9.17, 15) is 9.59 Å². The number of carbonyl (C=O) groups is 2. The van der Waals surface area contributed by atoms with Crippen LogP contribution < -0.4 is 20.1 Å². The number of rotatable bonds is 6. The highest BCUT2D eigenvalue weighted by atomic mass is 16.5. The summed E-state index contributed by atoms with van der Waals surface area (Å²) in [6.45, 7) is 0.639. The minimum atomic E-state index is -0.632. The molecule has 1 aromatic heterocycles. The first kappa shape index (κ1) is 22.2. The van der Waals surface area contributed by atoms with Crippen molar-refractivity contribution in [3.05, 3.63) is 102 Å². The lowest BCUT2D eigenvalue weighted by Gasteiger charge is -2.17. The quantitative estimate of drug-likeness (QED) is 0.403. The number of aromatic nitrogens is 2. The molecule has 1 aliphatic heterocycles. The molecule has 5 rings (SSSR count). The second-order valence-electron chi connectivity index (χ2n) is 8.08. The maximum Gasteiger partial charge on any atom is 0.263 e. The van der Waals surface area contributed by atoms with Gasteiger partial charge in [-0.1, -0.05) is 24.3 Å². The number of ketones is 1. The highest BCUT2D eigenvalue weighted by molar-refractivity contribution is 6.08. The highest BCUT2D eigenvalue weighted by Crippen LogP contribution is 2.31. The molecule has 1 amide bonds. The van der Waals surface area contributed by atoms with Crippen LogP contribution in [0.1, 0.15) is 38.1 Å². The minimum Gasteiger partial charge on any atom is -0.496 e. The van der Waals surface area contributed by atoms with Gasteiger partial charge >= 0.3 is 0 Å². The molecule has 0 spiro atoms. The average Bonchev–Trinajstić information content (AvgIpc) is 3.29. The molecule has 1 atom stereocenters. The first-order chi connectivity index (χ1) is 17.1. The number of benzene rings is 3. The Balaban J connectivity index is 1.38. The van der Waals surface area contributed by atoms with E-state index in [1.54, 1.807) is 48.7 Å². The molecule has 8 heteroatoms. The molecule has 0 fully saturated rings. The molecule has 2 heterocycles. The normalized spacial score (nSPS) is 14.1. The molecule has 1 unspecified atom stereocenters. The van der Waals surface area contributed by atoms with Crippen molar-refractivity contribution in [1.82, 2.24) is 9.55 Å². The molecule has 2 N–H and O–H groups in total. The standard InChI is InChI=1S/C27H24N4O4/c1-34-21-8-5-9-22(35-2)23(21)27(33)29-19-12-10-17(11-13-19)25(32)24-26-28-14-15-31(26)16-18-6-3-4-7-20(18)30-24/h3-15,24,30H,16H2,1-2H3,(H,29,33). The topological polar surface area (TPSA) is 94.5 Å². The smallest absolute Gasteiger partial charge is 0.263 e. The van der Waals surface area contributed by atoms with Gasteiger partial charge in [-0.3, -0.25) is 9.59 Å². The molecular formula is C27H24N4O4. The Morgan fingerprint density at radius 3 is 2.40 bits per heavy atom. The summed E-state index contributed by atoms with van der Waals surface area (Å²) in [7, 11) is 2.99. The van der Waals surface area contributed by atoms with Crippen LogP contribution in [-0.4, -0.2) is 35.5 Å². The number of ether oxygens (including phenoxy) is 2. The van der Waals surface area contributed by atoms with Crippen molar-refractivity contribution in [1.29, 1.82) is 0 Å². The number of carbonyl (C=O) groups excluding carboxylic acids is 2. The second kappa shape index (κ2) is 9.34. The van der Waals surface area contributed by atoms with Crippen molar-refractivity contribution in [3.8, 4) is 11.5 Å². The number of methoxy groups -OCH3 is 2. The summed E-state index contributed by atoms with van der Waals surface area (Å²) in [5, 5.41) is 6.21. The summed E-state index contributed by atoms with van der Waals surface area (Å²) in [5.41, 5.74) is 3.34. The van der Waals surface area contributed by atoms with E-state index in [0.717, 1.165) is 11.3 Å². The van der Waals surface area contributed by atoms with E-state index in [4.69, 9.17) is 9.47 Å². The van der Waals surface area contributed by atoms with Gasteiger partial charge in [-0.15, -0.1) is 0 Å². The maximum absolute atomic E-state index is 13.5. The van der Waals surface area contributed by atoms with Gasteiger partial charge in [0.1, 0.15) is 28.9 Å². The summed E-state index contributed by atoms with van der Waals surface area (Å²) >= 11 is 0. The van der Waals surface area contributed by atoms with E-state index < -0.39 is 6.04 Å². The highest BCUT2D eigenvalue weighted by Gasteiger charge is 2.29. The molecule has 0 aliphatic carbocycles. The molecule has 0 saturated heterocycles. The van der Waals surface area contributed by atoms with Gasteiger partial charge in [-0.25, -0.2) is 4.98 Å². The van der Waals surface area contributed by atoms with Crippen LogP contribution in [0.5, 0.6) is 11.5 Å². The van der Waals surface area contributed by atoms with Crippen molar-refractivity contribution in [2.24, 2.45) is 0 Å². The minimum absolute atomic E-state index is 0.113. The predicted molar refractivity (Wildman–Crippen MR) is 132 cm³/mol. The molecule has 0 bridgehead atoms. The van der Waals surface area contributed by atoms with Crippen LogP contribution in [0, 0.1) is 0 Å². The van der Waals surface area contributed by atoms with Crippen LogP contribution in [0.25, 0.3) is 0 Å². The van der Waals surface area contributed by atoms with Gasteiger partial charge in [0, 0.05) is 29.3 Å². The fourth-order valence-corrected chi connectivity index (χ4v) is 4.25. The Kier molecular flexibility index (Phi) is 5.93. The zero-order valence-corrected chi connectivity index (χ0v) is 19.3. The van der Waals surface area contributed by atoms with E-state index in [1.165, 1.54) is 14.2 Å². The number of anilines is 2. The van der Waals surface area contributed by atoms with Gasteiger partial charge in [0.15, 0.2) is 5.78 Å². The van der Waals surface area contributed by atoms with Gasteiger partial charge in [0.2, 0.25) is 0 Å². The molecule has 35 heavy (non-hydrogen) atoms. The zero-order valence-electron chi connectivity index (χ0n) is 19.3. The molecule has 8 nitrogen and oxygen atoms in total. The van der Waals surface area contributed by atoms with Crippen LogP contribution in [0.4, 0.5) is 11.4 Å². The summed E-state index contributed by atoms with van der Waals surface area (Å²) < 4.78 is 12.6. The summed E-state index contributed by atoms with van der Waals surface area (Å²) in [6.07, 6.45) is 3.58. The van der Waals surface area contributed by atoms with Crippen LogP contribution in [-0.2, 0) is 6.54 Å². The molecule has 0 saturated carbocycles. The molecule has 176 valence electrons.